The van der Waals surface area contributed by atoms with Crippen LogP contribution in [0.3, 0.4) is 0 Å². The summed E-state index contributed by atoms with van der Waals surface area (Å²) in [6.45, 7) is 1.10. The summed E-state index contributed by atoms with van der Waals surface area (Å²) >= 11 is 0. The second-order valence-corrected chi connectivity index (χ2v) is 8.61. The molecule has 1 saturated heterocycles. The molecule has 0 unspecified atom stereocenters. The molecule has 1 aliphatic heterocycles. The zero-order valence-electron chi connectivity index (χ0n) is 15.1. The van der Waals surface area contributed by atoms with Gasteiger partial charge in [-0.15, -0.1) is 0 Å². The molecule has 2 aromatic heterocycles. The molecule has 0 aliphatic carbocycles. The van der Waals surface area contributed by atoms with Gasteiger partial charge in [0.15, 0.2) is 9.84 Å². The highest BCUT2D eigenvalue weighted by atomic mass is 32.2. The summed E-state index contributed by atoms with van der Waals surface area (Å²) in [5.74, 6) is 1.19. The summed E-state index contributed by atoms with van der Waals surface area (Å²) in [4.78, 5) is 27.1. The van der Waals surface area contributed by atoms with Crippen molar-refractivity contribution in [3.8, 4) is 5.82 Å². The number of rotatable bonds is 5. The van der Waals surface area contributed by atoms with E-state index in [4.69, 9.17) is 0 Å². The number of sulfone groups is 1. The molecule has 0 atom stereocenters. The molecular weight excluding hydrogens is 380 g/mol. The van der Waals surface area contributed by atoms with Gasteiger partial charge in [-0.05, 0) is 24.3 Å². The lowest BCUT2D eigenvalue weighted by molar-refractivity contribution is -0.120. The second kappa shape index (κ2) is 7.04. The van der Waals surface area contributed by atoms with Gasteiger partial charge in [0.2, 0.25) is 5.91 Å². The van der Waals surface area contributed by atoms with E-state index in [2.05, 4.69) is 20.3 Å². The van der Waals surface area contributed by atoms with Crippen LogP contribution < -0.4 is 10.2 Å². The van der Waals surface area contributed by atoms with Crippen molar-refractivity contribution in [2.75, 3.05) is 29.6 Å². The number of carbonyl (C=O) groups is 1. The third-order valence-electron chi connectivity index (χ3n) is 4.53. The average Bonchev–Trinajstić information content (AvgIpc) is 3.15. The number of carbonyl (C=O) groups excluding carboxylic acids is 1. The highest BCUT2D eigenvalue weighted by molar-refractivity contribution is 7.90. The number of benzene rings is 1. The van der Waals surface area contributed by atoms with E-state index >= 15 is 0 Å². The molecule has 0 spiro atoms. The van der Waals surface area contributed by atoms with Gasteiger partial charge in [0, 0.05) is 43.5 Å². The minimum atomic E-state index is -3.25. The number of imidazole rings is 1. The summed E-state index contributed by atoms with van der Waals surface area (Å²) in [6.07, 6.45) is 7.77. The number of hydrogen-bond donors (Lipinski definition) is 1. The van der Waals surface area contributed by atoms with Crippen LogP contribution in [0.1, 0.15) is 0 Å². The first-order chi connectivity index (χ1) is 13.4. The van der Waals surface area contributed by atoms with Gasteiger partial charge in [0.1, 0.15) is 24.3 Å². The van der Waals surface area contributed by atoms with E-state index in [0.29, 0.717) is 24.6 Å². The first-order valence-electron chi connectivity index (χ1n) is 8.56. The van der Waals surface area contributed by atoms with Crippen LogP contribution in [0.2, 0.25) is 0 Å². The van der Waals surface area contributed by atoms with Crippen LogP contribution >= 0.6 is 0 Å². The van der Waals surface area contributed by atoms with Crippen LogP contribution in [-0.4, -0.2) is 53.2 Å². The van der Waals surface area contributed by atoms with Gasteiger partial charge in [-0.25, -0.2) is 23.4 Å². The first-order valence-corrected chi connectivity index (χ1v) is 10.5. The predicted octanol–water partition coefficient (Wildman–Crippen LogP) is 1.14. The lowest BCUT2D eigenvalue weighted by Gasteiger charge is -2.39. The molecule has 10 heteroatoms. The summed E-state index contributed by atoms with van der Waals surface area (Å²) < 4.78 is 24.8. The lowest BCUT2D eigenvalue weighted by Crippen LogP contribution is -2.52. The van der Waals surface area contributed by atoms with E-state index in [0.717, 1.165) is 12.1 Å². The van der Waals surface area contributed by atoms with Crippen molar-refractivity contribution in [2.24, 2.45) is 5.92 Å². The Kier molecular flexibility index (Phi) is 4.55. The number of amides is 1. The van der Waals surface area contributed by atoms with Crippen LogP contribution in [0.25, 0.3) is 5.82 Å². The smallest absolute Gasteiger partial charge is 0.231 e. The van der Waals surface area contributed by atoms with Crippen molar-refractivity contribution in [3.05, 3.63) is 55.4 Å². The molecule has 0 saturated carbocycles. The van der Waals surface area contributed by atoms with Crippen LogP contribution in [0.4, 0.5) is 11.5 Å². The summed E-state index contributed by atoms with van der Waals surface area (Å²) in [6, 6.07) is 7.99. The van der Waals surface area contributed by atoms with Crippen LogP contribution in [0.15, 0.2) is 60.3 Å². The average molecular weight is 398 g/mol. The molecule has 1 N–H and O–H groups in total. The molecule has 3 heterocycles. The lowest BCUT2D eigenvalue weighted by atomic mass is 9.99. The molecule has 1 aromatic carbocycles. The van der Waals surface area contributed by atoms with E-state index in [9.17, 15) is 13.2 Å². The van der Waals surface area contributed by atoms with Gasteiger partial charge in [0.05, 0.1) is 10.8 Å². The molecule has 1 fully saturated rings. The fraction of sp³-hybridized carbons (Fsp3) is 0.222. The summed E-state index contributed by atoms with van der Waals surface area (Å²) in [5.41, 5.74) is 0.570. The van der Waals surface area contributed by atoms with E-state index in [1.54, 1.807) is 35.4 Å². The Morgan fingerprint density at radius 1 is 1.14 bits per heavy atom. The largest absolute Gasteiger partial charge is 0.355 e. The Labute approximate surface area is 162 Å². The van der Waals surface area contributed by atoms with Crippen LogP contribution in [-0.2, 0) is 14.6 Å². The number of anilines is 2. The minimum Gasteiger partial charge on any atom is -0.355 e. The standard InChI is InChI=1S/C18H18N6O3S/c1-28(26,27)15-4-2-14(3-5-15)22-18(25)13-9-24(10-13)17-8-16(20-11-21-17)23-7-6-19-12-23/h2-8,11-13H,9-10H2,1H3,(H,22,25). The third-order valence-corrected chi connectivity index (χ3v) is 5.66. The highest BCUT2D eigenvalue weighted by Gasteiger charge is 2.33. The van der Waals surface area contributed by atoms with Crippen molar-refractivity contribution in [2.45, 2.75) is 4.90 Å². The molecular formula is C18H18N6O3S. The fourth-order valence-electron chi connectivity index (χ4n) is 2.91. The number of nitrogens with one attached hydrogen (secondary N) is 1. The van der Waals surface area contributed by atoms with Crippen LogP contribution in [0, 0.1) is 5.92 Å². The van der Waals surface area contributed by atoms with E-state index < -0.39 is 9.84 Å². The monoisotopic (exact) mass is 398 g/mol. The van der Waals surface area contributed by atoms with E-state index in [-0.39, 0.29) is 16.7 Å². The van der Waals surface area contributed by atoms with Crippen molar-refractivity contribution in [1.82, 2.24) is 19.5 Å². The molecule has 4 rings (SSSR count). The Morgan fingerprint density at radius 3 is 2.50 bits per heavy atom. The third kappa shape index (κ3) is 3.72. The van der Waals surface area contributed by atoms with Gasteiger partial charge in [0.25, 0.3) is 0 Å². The van der Waals surface area contributed by atoms with Crippen molar-refractivity contribution in [3.63, 3.8) is 0 Å². The molecule has 3 aromatic rings. The van der Waals surface area contributed by atoms with Gasteiger partial charge < -0.3 is 10.2 Å². The van der Waals surface area contributed by atoms with Crippen molar-refractivity contribution in [1.29, 1.82) is 0 Å². The number of nitrogens with zero attached hydrogens (tertiary/aromatic N) is 5. The Morgan fingerprint density at radius 2 is 1.86 bits per heavy atom. The van der Waals surface area contributed by atoms with Gasteiger partial charge in [-0.3, -0.25) is 9.36 Å². The normalized spacial score (nSPS) is 14.5. The van der Waals surface area contributed by atoms with Gasteiger partial charge in [-0.2, -0.15) is 0 Å². The topological polar surface area (TPSA) is 110 Å². The number of hydrogen-bond acceptors (Lipinski definition) is 7. The van der Waals surface area contributed by atoms with Crippen LogP contribution in [0.5, 0.6) is 0 Å². The van der Waals surface area contributed by atoms with E-state index in [1.807, 2.05) is 11.0 Å². The van der Waals surface area contributed by atoms with Gasteiger partial charge in [-0.1, -0.05) is 0 Å². The van der Waals surface area contributed by atoms with Gasteiger partial charge >= 0.3 is 0 Å². The van der Waals surface area contributed by atoms with Crippen molar-refractivity contribution >= 4 is 27.2 Å². The zero-order chi connectivity index (χ0) is 19.7. The maximum atomic E-state index is 12.4. The maximum Gasteiger partial charge on any atom is 0.231 e. The SMILES string of the molecule is CS(=O)(=O)c1ccc(NC(=O)C2CN(c3cc(-n4ccnc4)ncn3)C2)cc1. The summed E-state index contributed by atoms with van der Waals surface area (Å²) in [5, 5.41) is 2.82. The molecule has 1 aliphatic rings. The molecule has 144 valence electrons. The van der Waals surface area contributed by atoms with Crippen molar-refractivity contribution < 1.29 is 13.2 Å². The molecule has 1 amide bonds. The maximum absolute atomic E-state index is 12.4. The minimum absolute atomic E-state index is 0.104. The zero-order valence-corrected chi connectivity index (χ0v) is 15.9. The molecule has 9 nitrogen and oxygen atoms in total. The second-order valence-electron chi connectivity index (χ2n) is 6.59. The van der Waals surface area contributed by atoms with E-state index in [1.165, 1.54) is 18.5 Å². The quantitative estimate of drug-likeness (QED) is 0.686. The summed E-state index contributed by atoms with van der Waals surface area (Å²) in [7, 11) is -3.25. The Hall–Kier alpha value is -3.27. The molecule has 28 heavy (non-hydrogen) atoms. The Bertz CT molecular complexity index is 1090. The number of aromatic nitrogens is 4. The predicted molar refractivity (Wildman–Crippen MR) is 103 cm³/mol. The first kappa shape index (κ1) is 18.1. The fourth-order valence-corrected chi connectivity index (χ4v) is 3.54. The highest BCUT2D eigenvalue weighted by Crippen LogP contribution is 2.25. The Balaban J connectivity index is 1.36. The molecule has 0 radical (unpaired) electrons. The molecule has 0 bridgehead atoms.